The van der Waals surface area contributed by atoms with Gasteiger partial charge in [0.2, 0.25) is 0 Å². The number of nitrogens with zero attached hydrogens (tertiary/aromatic N) is 4. The van der Waals surface area contributed by atoms with Gasteiger partial charge in [0.1, 0.15) is 29.2 Å². The quantitative estimate of drug-likeness (QED) is 0.765. The molecule has 1 atom stereocenters. The van der Waals surface area contributed by atoms with E-state index in [0.29, 0.717) is 6.61 Å². The number of hydrogen-bond donors (Lipinski definition) is 1. The number of H-pyrrole nitrogens is 1. The second-order valence-corrected chi connectivity index (χ2v) is 7.72. The van der Waals surface area contributed by atoms with Gasteiger partial charge in [0.25, 0.3) is 0 Å². The van der Waals surface area contributed by atoms with Gasteiger partial charge in [0.15, 0.2) is 0 Å². The molecule has 7 nitrogen and oxygen atoms in total. The summed E-state index contributed by atoms with van der Waals surface area (Å²) < 4.78 is 11.7. The summed E-state index contributed by atoms with van der Waals surface area (Å²) in [5.41, 5.74) is 2.59. The molecule has 2 fully saturated rings. The van der Waals surface area contributed by atoms with Gasteiger partial charge < -0.3 is 14.4 Å². The van der Waals surface area contributed by atoms with E-state index in [1.807, 2.05) is 18.2 Å². The Morgan fingerprint density at radius 2 is 2.15 bits per heavy atom. The lowest BCUT2D eigenvalue weighted by molar-refractivity contribution is 0.0529. The number of aromatic amines is 1. The van der Waals surface area contributed by atoms with Crippen LogP contribution in [0.5, 0.6) is 5.75 Å². The normalized spacial score (nSPS) is 21.4. The molecule has 0 unspecified atom stereocenters. The molecule has 1 saturated carbocycles. The SMILES string of the molecule is C[C@@H]1CN(c2cc(-c3n[nH]c4ccc(OC5(C)CC5)cc34)ncn2)CCO1. The Kier molecular flexibility index (Phi) is 3.79. The number of morpholine rings is 1. The first kappa shape index (κ1) is 16.5. The Bertz CT molecular complexity index is 981. The van der Waals surface area contributed by atoms with Crippen LogP contribution < -0.4 is 9.64 Å². The lowest BCUT2D eigenvalue weighted by atomic mass is 10.1. The van der Waals surface area contributed by atoms with Crippen molar-refractivity contribution in [3.8, 4) is 17.1 Å². The molecule has 3 aromatic rings. The first-order chi connectivity index (χ1) is 13.1. The van der Waals surface area contributed by atoms with Crippen LogP contribution in [-0.4, -0.2) is 51.6 Å². The van der Waals surface area contributed by atoms with Crippen molar-refractivity contribution in [2.75, 3.05) is 24.6 Å². The molecule has 1 aliphatic carbocycles. The molecular weight excluding hydrogens is 342 g/mol. The van der Waals surface area contributed by atoms with Gasteiger partial charge in [-0.2, -0.15) is 5.10 Å². The molecule has 1 aliphatic heterocycles. The lowest BCUT2D eigenvalue weighted by Gasteiger charge is -2.31. The zero-order valence-electron chi connectivity index (χ0n) is 15.6. The van der Waals surface area contributed by atoms with Gasteiger partial charge in [-0.15, -0.1) is 0 Å². The highest BCUT2D eigenvalue weighted by Crippen LogP contribution is 2.40. The third-order valence-electron chi connectivity index (χ3n) is 5.31. The molecule has 0 bridgehead atoms. The minimum atomic E-state index is -0.00725. The molecule has 2 aromatic heterocycles. The Morgan fingerprint density at radius 3 is 2.96 bits per heavy atom. The molecule has 140 valence electrons. The highest BCUT2D eigenvalue weighted by Gasteiger charge is 2.40. The Morgan fingerprint density at radius 1 is 1.26 bits per heavy atom. The second kappa shape index (κ2) is 6.20. The van der Waals surface area contributed by atoms with Gasteiger partial charge in [-0.25, -0.2) is 9.97 Å². The number of ether oxygens (including phenoxy) is 2. The fourth-order valence-electron chi connectivity index (χ4n) is 3.49. The maximum Gasteiger partial charge on any atom is 0.132 e. The first-order valence-corrected chi connectivity index (χ1v) is 9.46. The Balaban J connectivity index is 1.49. The summed E-state index contributed by atoms with van der Waals surface area (Å²) in [5, 5.41) is 8.62. The van der Waals surface area contributed by atoms with Gasteiger partial charge in [-0.05, 0) is 44.9 Å². The molecule has 1 saturated heterocycles. The highest BCUT2D eigenvalue weighted by molar-refractivity contribution is 5.93. The van der Waals surface area contributed by atoms with Crippen LogP contribution in [0.25, 0.3) is 22.3 Å². The number of rotatable bonds is 4. The maximum absolute atomic E-state index is 6.12. The van der Waals surface area contributed by atoms with E-state index >= 15 is 0 Å². The van der Waals surface area contributed by atoms with Crippen molar-refractivity contribution in [1.82, 2.24) is 20.2 Å². The van der Waals surface area contributed by atoms with Gasteiger partial charge in [0, 0.05) is 24.5 Å². The van der Waals surface area contributed by atoms with E-state index in [-0.39, 0.29) is 11.7 Å². The second-order valence-electron chi connectivity index (χ2n) is 7.72. The summed E-state index contributed by atoms with van der Waals surface area (Å²) in [7, 11) is 0. The third kappa shape index (κ3) is 3.23. The topological polar surface area (TPSA) is 76.2 Å². The van der Waals surface area contributed by atoms with E-state index in [4.69, 9.17) is 9.47 Å². The van der Waals surface area contributed by atoms with Crippen molar-refractivity contribution < 1.29 is 9.47 Å². The fraction of sp³-hybridized carbons (Fsp3) is 0.450. The number of hydrogen-bond acceptors (Lipinski definition) is 6. The van der Waals surface area contributed by atoms with E-state index in [1.165, 1.54) is 0 Å². The monoisotopic (exact) mass is 365 g/mol. The zero-order chi connectivity index (χ0) is 18.4. The molecular formula is C20H23N5O2. The Hall–Kier alpha value is -2.67. The molecule has 7 heteroatoms. The molecule has 0 radical (unpaired) electrons. The van der Waals surface area contributed by atoms with E-state index in [1.54, 1.807) is 6.33 Å². The van der Waals surface area contributed by atoms with Crippen LogP contribution in [-0.2, 0) is 4.74 Å². The summed E-state index contributed by atoms with van der Waals surface area (Å²) >= 11 is 0. The van der Waals surface area contributed by atoms with Gasteiger partial charge in [-0.3, -0.25) is 5.10 Å². The maximum atomic E-state index is 6.12. The number of nitrogens with one attached hydrogen (secondary N) is 1. The zero-order valence-corrected chi connectivity index (χ0v) is 15.6. The summed E-state index contributed by atoms with van der Waals surface area (Å²) in [6.45, 7) is 6.60. The van der Waals surface area contributed by atoms with Crippen LogP contribution in [0.4, 0.5) is 5.82 Å². The first-order valence-electron chi connectivity index (χ1n) is 9.46. The van der Waals surface area contributed by atoms with Crippen LogP contribution in [0.1, 0.15) is 26.7 Å². The summed E-state index contributed by atoms with van der Waals surface area (Å²) in [5.74, 6) is 1.78. The molecule has 1 N–H and O–H groups in total. The van der Waals surface area contributed by atoms with E-state index in [9.17, 15) is 0 Å². The van der Waals surface area contributed by atoms with Gasteiger partial charge in [0.05, 0.1) is 23.9 Å². The van der Waals surface area contributed by atoms with E-state index in [0.717, 1.165) is 59.8 Å². The molecule has 27 heavy (non-hydrogen) atoms. The predicted octanol–water partition coefficient (Wildman–Crippen LogP) is 3.18. The van der Waals surface area contributed by atoms with E-state index in [2.05, 4.69) is 45.0 Å². The molecule has 2 aliphatic rings. The van der Waals surface area contributed by atoms with Gasteiger partial charge >= 0.3 is 0 Å². The smallest absolute Gasteiger partial charge is 0.132 e. The standard InChI is InChI=1S/C20H23N5O2/c1-13-11-25(7-8-26-13)18-10-17(21-12-22-18)19-15-9-14(27-20(2)5-6-20)3-4-16(15)23-24-19/h3-4,9-10,12-13H,5-8,11H2,1-2H3,(H,23,24)/t13-/m1/s1. The van der Waals surface area contributed by atoms with Crippen LogP contribution in [0, 0.1) is 0 Å². The summed E-state index contributed by atoms with van der Waals surface area (Å²) in [4.78, 5) is 11.2. The van der Waals surface area contributed by atoms with Crippen molar-refractivity contribution in [2.45, 2.75) is 38.4 Å². The van der Waals surface area contributed by atoms with Crippen LogP contribution >= 0.6 is 0 Å². The predicted molar refractivity (Wildman–Crippen MR) is 103 cm³/mol. The van der Waals surface area contributed by atoms with Crippen molar-refractivity contribution in [2.24, 2.45) is 0 Å². The number of aromatic nitrogens is 4. The summed E-state index contributed by atoms with van der Waals surface area (Å²) in [6.07, 6.45) is 4.02. The van der Waals surface area contributed by atoms with Gasteiger partial charge in [-0.1, -0.05) is 0 Å². The van der Waals surface area contributed by atoms with Crippen LogP contribution in [0.3, 0.4) is 0 Å². The minimum Gasteiger partial charge on any atom is -0.488 e. The number of anilines is 1. The highest BCUT2D eigenvalue weighted by atomic mass is 16.5. The minimum absolute atomic E-state index is 0.00725. The van der Waals surface area contributed by atoms with Crippen molar-refractivity contribution in [3.05, 3.63) is 30.6 Å². The van der Waals surface area contributed by atoms with E-state index < -0.39 is 0 Å². The molecule has 0 spiro atoms. The largest absolute Gasteiger partial charge is 0.488 e. The number of fused-ring (bicyclic) bond motifs is 1. The number of benzene rings is 1. The van der Waals surface area contributed by atoms with Crippen LogP contribution in [0.2, 0.25) is 0 Å². The fourth-order valence-corrected chi connectivity index (χ4v) is 3.49. The third-order valence-corrected chi connectivity index (χ3v) is 5.31. The lowest BCUT2D eigenvalue weighted by Crippen LogP contribution is -2.41. The average molecular weight is 365 g/mol. The Labute approximate surface area is 157 Å². The van der Waals surface area contributed by atoms with Crippen molar-refractivity contribution in [1.29, 1.82) is 0 Å². The van der Waals surface area contributed by atoms with Crippen molar-refractivity contribution >= 4 is 16.7 Å². The van der Waals surface area contributed by atoms with Crippen molar-refractivity contribution in [3.63, 3.8) is 0 Å². The average Bonchev–Trinajstić information content (AvgIpc) is 3.25. The molecule has 3 heterocycles. The summed E-state index contributed by atoms with van der Waals surface area (Å²) in [6, 6.07) is 8.06. The van der Waals surface area contributed by atoms with Crippen LogP contribution in [0.15, 0.2) is 30.6 Å². The molecule has 0 amide bonds. The molecule has 5 rings (SSSR count). The molecule has 1 aromatic carbocycles.